The summed E-state index contributed by atoms with van der Waals surface area (Å²) < 4.78 is 32.5. The topological polar surface area (TPSA) is 106 Å². The Hall–Kier alpha value is -3.02. The molecule has 168 valence electrons. The Morgan fingerprint density at radius 3 is 2.59 bits per heavy atom. The largest absolute Gasteiger partial charge is 0.497 e. The lowest BCUT2D eigenvalue weighted by atomic mass is 10.1. The lowest BCUT2D eigenvalue weighted by Crippen LogP contribution is -2.48. The lowest BCUT2D eigenvalue weighted by molar-refractivity contribution is -0.385. The van der Waals surface area contributed by atoms with Crippen LogP contribution in [0.3, 0.4) is 0 Å². The zero-order chi connectivity index (χ0) is 22.7. The molecule has 1 aromatic heterocycles. The van der Waals surface area contributed by atoms with E-state index in [-0.39, 0.29) is 23.7 Å². The van der Waals surface area contributed by atoms with Gasteiger partial charge in [-0.25, -0.2) is 13.4 Å². The standard InChI is InChI=1S/C21H22N4O5S2/c1-30-19-6-2-4-16(13-19)12-17-15-31-21(22-17)23-8-10-24(11-9-23)32(28,29)20-7-3-5-18(14-20)25(26)27/h2-7,13-15H,8-12H2,1H3. The van der Waals surface area contributed by atoms with Gasteiger partial charge in [-0.1, -0.05) is 18.2 Å². The van der Waals surface area contributed by atoms with Gasteiger partial charge in [-0.15, -0.1) is 11.3 Å². The van der Waals surface area contributed by atoms with Gasteiger partial charge in [0.1, 0.15) is 5.75 Å². The zero-order valence-electron chi connectivity index (χ0n) is 17.4. The molecule has 0 amide bonds. The van der Waals surface area contributed by atoms with E-state index in [0.29, 0.717) is 19.5 Å². The fraction of sp³-hybridized carbons (Fsp3) is 0.286. The van der Waals surface area contributed by atoms with Gasteiger partial charge >= 0.3 is 0 Å². The van der Waals surface area contributed by atoms with Gasteiger partial charge in [-0.05, 0) is 23.8 Å². The Kier molecular flexibility index (Phi) is 6.40. The van der Waals surface area contributed by atoms with Gasteiger partial charge in [0.25, 0.3) is 5.69 Å². The summed E-state index contributed by atoms with van der Waals surface area (Å²) in [6.07, 6.45) is 0.689. The second-order valence-corrected chi connectivity index (χ2v) is 10.1. The Balaban J connectivity index is 1.40. The number of hydrogen-bond donors (Lipinski definition) is 0. The quantitative estimate of drug-likeness (QED) is 0.382. The summed E-state index contributed by atoms with van der Waals surface area (Å²) >= 11 is 1.54. The van der Waals surface area contributed by atoms with Gasteiger partial charge in [-0.2, -0.15) is 4.31 Å². The highest BCUT2D eigenvalue weighted by Crippen LogP contribution is 2.27. The van der Waals surface area contributed by atoms with Crippen molar-refractivity contribution in [3.63, 3.8) is 0 Å². The summed E-state index contributed by atoms with van der Waals surface area (Å²) in [6, 6.07) is 13.0. The summed E-state index contributed by atoms with van der Waals surface area (Å²) in [7, 11) is -2.15. The van der Waals surface area contributed by atoms with Crippen LogP contribution in [0.1, 0.15) is 11.3 Å². The molecular weight excluding hydrogens is 452 g/mol. The van der Waals surface area contributed by atoms with Crippen LogP contribution in [0.25, 0.3) is 0 Å². The van der Waals surface area contributed by atoms with Crippen LogP contribution in [0.15, 0.2) is 58.8 Å². The van der Waals surface area contributed by atoms with Crippen LogP contribution < -0.4 is 9.64 Å². The Morgan fingerprint density at radius 2 is 1.88 bits per heavy atom. The SMILES string of the molecule is COc1cccc(Cc2csc(N3CCN(S(=O)(=O)c4cccc([N+](=O)[O-])c4)CC3)n2)c1. The van der Waals surface area contributed by atoms with Gasteiger partial charge in [0.2, 0.25) is 10.0 Å². The number of piperazine rings is 1. The molecule has 0 N–H and O–H groups in total. The fourth-order valence-electron chi connectivity index (χ4n) is 3.54. The van der Waals surface area contributed by atoms with Crippen LogP contribution in [0.5, 0.6) is 5.75 Å². The summed E-state index contributed by atoms with van der Waals surface area (Å²) in [5.74, 6) is 0.805. The molecule has 0 bridgehead atoms. The number of benzene rings is 2. The third kappa shape index (κ3) is 4.74. The number of nitro groups is 1. The highest BCUT2D eigenvalue weighted by atomic mass is 32.2. The van der Waals surface area contributed by atoms with Crippen LogP contribution in [-0.2, 0) is 16.4 Å². The van der Waals surface area contributed by atoms with Crippen LogP contribution in [0.2, 0.25) is 0 Å². The molecule has 1 saturated heterocycles. The maximum absolute atomic E-state index is 12.9. The molecule has 1 aliphatic rings. The van der Waals surface area contributed by atoms with Crippen LogP contribution >= 0.6 is 11.3 Å². The summed E-state index contributed by atoms with van der Waals surface area (Å²) in [5.41, 5.74) is 1.81. The molecule has 0 radical (unpaired) electrons. The second kappa shape index (κ2) is 9.23. The lowest BCUT2D eigenvalue weighted by Gasteiger charge is -2.33. The number of hydrogen-bond acceptors (Lipinski definition) is 8. The van der Waals surface area contributed by atoms with Crippen molar-refractivity contribution in [2.24, 2.45) is 0 Å². The average molecular weight is 475 g/mol. The third-order valence-corrected chi connectivity index (χ3v) is 8.08. The van der Waals surface area contributed by atoms with E-state index in [1.54, 1.807) is 7.11 Å². The van der Waals surface area contributed by atoms with Crippen molar-refractivity contribution in [1.29, 1.82) is 0 Å². The minimum absolute atomic E-state index is 0.0602. The summed E-state index contributed by atoms with van der Waals surface area (Å²) in [4.78, 5) is 17.1. The maximum atomic E-state index is 12.9. The van der Waals surface area contributed by atoms with E-state index in [4.69, 9.17) is 9.72 Å². The van der Waals surface area contributed by atoms with Gasteiger partial charge in [0.05, 0.1) is 22.6 Å². The number of ether oxygens (including phenoxy) is 1. The molecule has 1 aliphatic heterocycles. The minimum Gasteiger partial charge on any atom is -0.497 e. The molecule has 0 aliphatic carbocycles. The van der Waals surface area contributed by atoms with E-state index in [1.165, 1.54) is 33.8 Å². The Bertz CT molecular complexity index is 1220. The molecule has 11 heteroatoms. The second-order valence-electron chi connectivity index (χ2n) is 7.30. The molecular formula is C21H22N4O5S2. The van der Waals surface area contributed by atoms with Crippen molar-refractivity contribution in [3.8, 4) is 5.75 Å². The summed E-state index contributed by atoms with van der Waals surface area (Å²) in [6.45, 7) is 1.58. The van der Waals surface area contributed by atoms with Gasteiger partial charge in [0, 0.05) is 50.1 Å². The van der Waals surface area contributed by atoms with Crippen molar-refractivity contribution < 1.29 is 18.1 Å². The number of nitrogens with zero attached hydrogens (tertiary/aromatic N) is 4. The number of sulfonamides is 1. The Labute approximate surface area is 190 Å². The van der Waals surface area contributed by atoms with E-state index in [1.807, 2.05) is 29.6 Å². The number of aromatic nitrogens is 1. The normalized spacial score (nSPS) is 15.0. The molecule has 32 heavy (non-hydrogen) atoms. The molecule has 9 nitrogen and oxygen atoms in total. The number of non-ortho nitro benzene ring substituents is 1. The predicted octanol–water partition coefficient (Wildman–Crippen LogP) is 3.16. The van der Waals surface area contributed by atoms with Gasteiger partial charge in [-0.3, -0.25) is 10.1 Å². The first-order chi connectivity index (χ1) is 15.4. The monoisotopic (exact) mass is 474 g/mol. The Morgan fingerprint density at radius 1 is 1.12 bits per heavy atom. The minimum atomic E-state index is -3.79. The highest BCUT2D eigenvalue weighted by molar-refractivity contribution is 7.89. The van der Waals surface area contributed by atoms with E-state index >= 15 is 0 Å². The van der Waals surface area contributed by atoms with Crippen molar-refractivity contribution >= 4 is 32.2 Å². The molecule has 4 rings (SSSR count). The third-order valence-electron chi connectivity index (χ3n) is 5.23. The zero-order valence-corrected chi connectivity index (χ0v) is 19.0. The van der Waals surface area contributed by atoms with E-state index in [9.17, 15) is 18.5 Å². The van der Waals surface area contributed by atoms with Crippen LogP contribution in [0.4, 0.5) is 10.8 Å². The van der Waals surface area contributed by atoms with E-state index in [2.05, 4.69) is 4.90 Å². The number of anilines is 1. The number of methoxy groups -OCH3 is 1. The average Bonchev–Trinajstić information content (AvgIpc) is 3.27. The van der Waals surface area contributed by atoms with Crippen LogP contribution in [-0.4, -0.2) is 55.9 Å². The van der Waals surface area contributed by atoms with Crippen molar-refractivity contribution in [2.75, 3.05) is 38.2 Å². The highest BCUT2D eigenvalue weighted by Gasteiger charge is 2.30. The van der Waals surface area contributed by atoms with Crippen LogP contribution in [0, 0.1) is 10.1 Å². The molecule has 2 heterocycles. The van der Waals surface area contributed by atoms with E-state index in [0.717, 1.165) is 28.2 Å². The molecule has 1 fully saturated rings. The van der Waals surface area contributed by atoms with Crippen molar-refractivity contribution in [2.45, 2.75) is 11.3 Å². The van der Waals surface area contributed by atoms with E-state index < -0.39 is 14.9 Å². The number of thiazole rings is 1. The molecule has 0 unspecified atom stereocenters. The smallest absolute Gasteiger partial charge is 0.270 e. The number of rotatable bonds is 7. The summed E-state index contributed by atoms with van der Waals surface area (Å²) in [5, 5.41) is 13.9. The fourth-order valence-corrected chi connectivity index (χ4v) is 5.88. The molecule has 0 saturated carbocycles. The van der Waals surface area contributed by atoms with Crippen molar-refractivity contribution in [3.05, 3.63) is 75.3 Å². The molecule has 2 aromatic carbocycles. The van der Waals surface area contributed by atoms with Crippen molar-refractivity contribution in [1.82, 2.24) is 9.29 Å². The first-order valence-corrected chi connectivity index (χ1v) is 12.3. The molecule has 0 atom stereocenters. The first kappa shape index (κ1) is 22.2. The maximum Gasteiger partial charge on any atom is 0.270 e. The molecule has 3 aromatic rings. The first-order valence-electron chi connectivity index (χ1n) is 9.94. The van der Waals surface area contributed by atoms with Gasteiger partial charge < -0.3 is 9.64 Å². The predicted molar refractivity (Wildman–Crippen MR) is 122 cm³/mol. The van der Waals surface area contributed by atoms with Gasteiger partial charge in [0.15, 0.2) is 5.13 Å². The molecule has 0 spiro atoms. The number of nitro benzene ring substituents is 1.